The van der Waals surface area contributed by atoms with E-state index < -0.39 is 6.23 Å². The maximum atomic E-state index is 13.2. The summed E-state index contributed by atoms with van der Waals surface area (Å²) in [6.45, 7) is 7.50. The number of anilines is 1. The van der Waals surface area contributed by atoms with Gasteiger partial charge in [0, 0.05) is 59.6 Å². The summed E-state index contributed by atoms with van der Waals surface area (Å²) in [4.78, 5) is 15.6. The molecule has 7 nitrogen and oxygen atoms in total. The summed E-state index contributed by atoms with van der Waals surface area (Å²) in [5.41, 5.74) is 4.88. The lowest BCUT2D eigenvalue weighted by molar-refractivity contribution is 0.0939. The third-order valence-corrected chi connectivity index (χ3v) is 8.12. The Hall–Kier alpha value is -2.75. The SMILES string of the molecule is Cc1ccc(NC2CNC2)cc1C(=O)N[C@H](C)c1cccc(-c2ccc(CN[C@@H]3CN[C@H](O)C3)s2)c1. The number of hydrogen-bond donors (Lipinski definition) is 6. The molecule has 0 spiro atoms. The monoisotopic (exact) mass is 505 g/mol. The van der Waals surface area contributed by atoms with E-state index in [1.54, 1.807) is 11.3 Å². The fourth-order valence-corrected chi connectivity index (χ4v) is 5.60. The van der Waals surface area contributed by atoms with Crippen molar-refractivity contribution in [2.45, 2.75) is 51.2 Å². The first-order valence-corrected chi connectivity index (χ1v) is 13.5. The molecule has 2 aromatic carbocycles. The summed E-state index contributed by atoms with van der Waals surface area (Å²) in [6.07, 6.45) is 0.336. The van der Waals surface area contributed by atoms with Crippen LogP contribution >= 0.6 is 11.3 Å². The highest BCUT2D eigenvalue weighted by Gasteiger charge is 2.21. The number of carbonyl (C=O) groups is 1. The minimum atomic E-state index is -0.402. The van der Waals surface area contributed by atoms with E-state index in [0.717, 1.165) is 55.0 Å². The highest BCUT2D eigenvalue weighted by Crippen LogP contribution is 2.30. The summed E-state index contributed by atoms with van der Waals surface area (Å²) in [5.74, 6) is -0.0585. The Balaban J connectivity index is 1.22. The molecule has 1 amide bonds. The van der Waals surface area contributed by atoms with Crippen LogP contribution in [0.15, 0.2) is 54.6 Å². The van der Waals surface area contributed by atoms with Crippen molar-refractivity contribution < 1.29 is 9.90 Å². The molecule has 8 heteroatoms. The van der Waals surface area contributed by atoms with Gasteiger partial charge in [0.15, 0.2) is 0 Å². The maximum Gasteiger partial charge on any atom is 0.252 e. The van der Waals surface area contributed by atoms with E-state index in [2.05, 4.69) is 63.0 Å². The van der Waals surface area contributed by atoms with Gasteiger partial charge < -0.3 is 26.4 Å². The molecule has 2 saturated heterocycles. The summed E-state index contributed by atoms with van der Waals surface area (Å²) < 4.78 is 0. The predicted octanol–water partition coefficient (Wildman–Crippen LogP) is 3.37. The van der Waals surface area contributed by atoms with Crippen LogP contribution in [-0.2, 0) is 6.54 Å². The Kier molecular flexibility index (Phi) is 7.69. The van der Waals surface area contributed by atoms with Gasteiger partial charge in [0.2, 0.25) is 0 Å². The van der Waals surface area contributed by atoms with Gasteiger partial charge in [-0.2, -0.15) is 0 Å². The Morgan fingerprint density at radius 1 is 1.11 bits per heavy atom. The summed E-state index contributed by atoms with van der Waals surface area (Å²) in [7, 11) is 0. The van der Waals surface area contributed by atoms with E-state index in [-0.39, 0.29) is 11.9 Å². The van der Waals surface area contributed by atoms with Crippen molar-refractivity contribution in [1.82, 2.24) is 21.3 Å². The average molecular weight is 506 g/mol. The first kappa shape index (κ1) is 24.9. The van der Waals surface area contributed by atoms with Crippen molar-refractivity contribution in [3.8, 4) is 10.4 Å². The van der Waals surface area contributed by atoms with Crippen molar-refractivity contribution in [2.75, 3.05) is 25.0 Å². The minimum Gasteiger partial charge on any atom is -0.380 e. The molecule has 0 aliphatic carbocycles. The number of amides is 1. The molecule has 3 atom stereocenters. The van der Waals surface area contributed by atoms with Gasteiger partial charge in [0.05, 0.1) is 12.1 Å². The fourth-order valence-electron chi connectivity index (χ4n) is 4.64. The molecule has 2 aliphatic rings. The number of aryl methyl sites for hydroxylation is 1. The van der Waals surface area contributed by atoms with Gasteiger partial charge in [0.1, 0.15) is 6.23 Å². The molecule has 1 aromatic heterocycles. The average Bonchev–Trinajstić information content (AvgIpc) is 3.50. The minimum absolute atomic E-state index is 0.0585. The summed E-state index contributed by atoms with van der Waals surface area (Å²) in [5, 5.41) is 26.1. The van der Waals surface area contributed by atoms with Gasteiger partial charge in [-0.05, 0) is 60.9 Å². The van der Waals surface area contributed by atoms with Gasteiger partial charge in [-0.1, -0.05) is 24.3 Å². The van der Waals surface area contributed by atoms with Gasteiger partial charge in [-0.25, -0.2) is 0 Å². The van der Waals surface area contributed by atoms with Crippen LogP contribution in [0.25, 0.3) is 10.4 Å². The zero-order valence-corrected chi connectivity index (χ0v) is 21.6. The normalized spacial score (nSPS) is 20.6. The topological polar surface area (TPSA) is 97.5 Å². The predicted molar refractivity (Wildman–Crippen MR) is 146 cm³/mol. The molecule has 0 saturated carbocycles. The molecule has 2 aliphatic heterocycles. The maximum absolute atomic E-state index is 13.2. The van der Waals surface area contributed by atoms with Crippen molar-refractivity contribution >= 4 is 22.9 Å². The molecule has 190 valence electrons. The zero-order valence-electron chi connectivity index (χ0n) is 20.8. The quantitative estimate of drug-likeness (QED) is 0.267. The van der Waals surface area contributed by atoms with Crippen LogP contribution < -0.4 is 26.6 Å². The van der Waals surface area contributed by atoms with Gasteiger partial charge >= 0.3 is 0 Å². The molecule has 5 rings (SSSR count). The molecule has 0 bridgehead atoms. The lowest BCUT2D eigenvalue weighted by Crippen LogP contribution is -2.51. The first-order valence-electron chi connectivity index (χ1n) is 12.7. The van der Waals surface area contributed by atoms with Gasteiger partial charge in [-0.15, -0.1) is 11.3 Å². The molecule has 0 radical (unpaired) electrons. The molecule has 36 heavy (non-hydrogen) atoms. The largest absolute Gasteiger partial charge is 0.380 e. The first-order chi connectivity index (χ1) is 17.4. The van der Waals surface area contributed by atoms with E-state index in [0.29, 0.717) is 17.6 Å². The van der Waals surface area contributed by atoms with Gasteiger partial charge in [-0.3, -0.25) is 10.1 Å². The van der Waals surface area contributed by atoms with Crippen molar-refractivity contribution in [1.29, 1.82) is 0 Å². The number of benzene rings is 2. The summed E-state index contributed by atoms with van der Waals surface area (Å²) >= 11 is 1.77. The fraction of sp³-hybridized carbons (Fsp3) is 0.393. The Morgan fingerprint density at radius 3 is 2.72 bits per heavy atom. The van der Waals surface area contributed by atoms with Crippen molar-refractivity contribution in [3.05, 3.63) is 76.2 Å². The van der Waals surface area contributed by atoms with Crippen LogP contribution in [0.4, 0.5) is 5.69 Å². The van der Waals surface area contributed by atoms with Crippen LogP contribution in [-0.4, -0.2) is 49.0 Å². The third kappa shape index (κ3) is 5.96. The Morgan fingerprint density at radius 2 is 1.97 bits per heavy atom. The molecular weight excluding hydrogens is 470 g/mol. The second kappa shape index (κ2) is 11.1. The molecule has 6 N–H and O–H groups in total. The smallest absolute Gasteiger partial charge is 0.252 e. The zero-order chi connectivity index (χ0) is 25.1. The molecule has 3 heterocycles. The molecule has 0 unspecified atom stereocenters. The molecular formula is C28H35N5O2S. The number of hydrogen-bond acceptors (Lipinski definition) is 7. The van der Waals surface area contributed by atoms with E-state index in [4.69, 9.17) is 0 Å². The Labute approximate surface area is 216 Å². The van der Waals surface area contributed by atoms with Crippen LogP contribution in [0.1, 0.15) is 45.7 Å². The molecule has 2 fully saturated rings. The van der Waals surface area contributed by atoms with E-state index >= 15 is 0 Å². The summed E-state index contributed by atoms with van der Waals surface area (Å²) in [6, 6.07) is 19.3. The number of nitrogens with one attached hydrogen (secondary N) is 5. The van der Waals surface area contributed by atoms with Crippen LogP contribution in [0, 0.1) is 6.92 Å². The highest BCUT2D eigenvalue weighted by molar-refractivity contribution is 7.15. The lowest BCUT2D eigenvalue weighted by atomic mass is 10.0. The van der Waals surface area contributed by atoms with Crippen LogP contribution in [0.2, 0.25) is 0 Å². The Bertz CT molecular complexity index is 1210. The van der Waals surface area contributed by atoms with Crippen molar-refractivity contribution in [3.63, 3.8) is 0 Å². The van der Waals surface area contributed by atoms with E-state index in [1.165, 1.54) is 9.75 Å². The number of carbonyl (C=O) groups excluding carboxylic acids is 1. The second-order valence-corrected chi connectivity index (χ2v) is 11.0. The number of thiophene rings is 1. The van der Waals surface area contributed by atoms with Crippen LogP contribution in [0.5, 0.6) is 0 Å². The highest BCUT2D eigenvalue weighted by atomic mass is 32.1. The standard InChI is InChI=1S/C28H35N5O2S/c1-17-6-7-21(33-23-13-29-14-23)11-25(17)28(35)32-18(2)19-4-3-5-20(10-19)26-9-8-24(36-26)16-30-22-12-27(34)31-15-22/h3-11,18,22-23,27,29-31,33-34H,12-16H2,1-2H3,(H,32,35)/t18-,22+,27-/m1/s1. The van der Waals surface area contributed by atoms with Crippen molar-refractivity contribution in [2.24, 2.45) is 0 Å². The second-order valence-electron chi connectivity index (χ2n) is 9.85. The lowest BCUT2D eigenvalue weighted by Gasteiger charge is -2.29. The van der Waals surface area contributed by atoms with E-state index in [1.807, 2.05) is 32.0 Å². The molecule has 3 aromatic rings. The van der Waals surface area contributed by atoms with Gasteiger partial charge in [0.25, 0.3) is 5.91 Å². The van der Waals surface area contributed by atoms with E-state index in [9.17, 15) is 9.90 Å². The number of aliphatic hydroxyl groups excluding tert-OH is 1. The number of aliphatic hydroxyl groups is 1. The van der Waals surface area contributed by atoms with Crippen LogP contribution in [0.3, 0.4) is 0 Å². The number of rotatable bonds is 9. The third-order valence-electron chi connectivity index (χ3n) is 6.99.